The zero-order valence-electron chi connectivity index (χ0n) is 13.3. The number of hydrogen-bond donors (Lipinski definition) is 2. The first-order chi connectivity index (χ1) is 10.4. The number of carbonyl (C=O) groups excluding carboxylic acids is 1. The van der Waals surface area contributed by atoms with Gasteiger partial charge in [-0.3, -0.25) is 9.59 Å². The Balaban J connectivity index is 2.64. The second-order valence-electron chi connectivity index (χ2n) is 5.50. The van der Waals surface area contributed by atoms with Crippen molar-refractivity contribution in [3.63, 3.8) is 0 Å². The van der Waals surface area contributed by atoms with E-state index in [4.69, 9.17) is 5.11 Å². The van der Waals surface area contributed by atoms with E-state index in [-0.39, 0.29) is 18.2 Å². The highest BCUT2D eigenvalue weighted by molar-refractivity contribution is 7.99. The number of rotatable bonds is 8. The number of carboxylic acid groups (broad SMARTS) is 1. The minimum atomic E-state index is -0.848. The lowest BCUT2D eigenvalue weighted by atomic mass is 10.1. The van der Waals surface area contributed by atoms with Crippen LogP contribution in [-0.2, 0) is 4.79 Å². The molecule has 1 rings (SSSR count). The van der Waals surface area contributed by atoms with E-state index in [0.29, 0.717) is 12.1 Å². The molecule has 4 nitrogen and oxygen atoms in total. The van der Waals surface area contributed by atoms with Gasteiger partial charge in [0.1, 0.15) is 0 Å². The third-order valence-electron chi connectivity index (χ3n) is 3.00. The van der Waals surface area contributed by atoms with Crippen LogP contribution in [0, 0.1) is 5.92 Å². The van der Waals surface area contributed by atoms with Gasteiger partial charge in [0.25, 0.3) is 5.91 Å². The highest BCUT2D eigenvalue weighted by Gasteiger charge is 2.13. The molecule has 1 aromatic rings. The monoisotopic (exact) mass is 321 g/mol. The Morgan fingerprint density at radius 3 is 2.64 bits per heavy atom. The summed E-state index contributed by atoms with van der Waals surface area (Å²) in [6.45, 7) is 6.26. The van der Waals surface area contributed by atoms with Crippen molar-refractivity contribution in [2.24, 2.45) is 5.92 Å². The van der Waals surface area contributed by atoms with Gasteiger partial charge in [-0.1, -0.05) is 30.7 Å². The topological polar surface area (TPSA) is 66.4 Å². The van der Waals surface area contributed by atoms with E-state index in [1.54, 1.807) is 17.8 Å². The quantitative estimate of drug-likeness (QED) is 0.567. The predicted octanol–water partition coefficient (Wildman–Crippen LogP) is 3.59. The van der Waals surface area contributed by atoms with Crippen molar-refractivity contribution in [2.75, 3.05) is 12.3 Å². The van der Waals surface area contributed by atoms with Crippen molar-refractivity contribution in [3.8, 4) is 0 Å². The maximum Gasteiger partial charge on any atom is 0.303 e. The van der Waals surface area contributed by atoms with Crippen LogP contribution in [0.1, 0.15) is 37.6 Å². The van der Waals surface area contributed by atoms with Gasteiger partial charge in [0.2, 0.25) is 0 Å². The first-order valence-electron chi connectivity index (χ1n) is 7.25. The van der Waals surface area contributed by atoms with Crippen LogP contribution in [0.5, 0.6) is 0 Å². The summed E-state index contributed by atoms with van der Waals surface area (Å²) >= 11 is 1.62. The van der Waals surface area contributed by atoms with Crippen LogP contribution in [0.3, 0.4) is 0 Å². The lowest BCUT2D eigenvalue weighted by molar-refractivity contribution is -0.137. The average molecular weight is 321 g/mol. The largest absolute Gasteiger partial charge is 0.481 e. The summed E-state index contributed by atoms with van der Waals surface area (Å²) in [5.41, 5.74) is 1.88. The van der Waals surface area contributed by atoms with Crippen LogP contribution in [0.4, 0.5) is 0 Å². The van der Waals surface area contributed by atoms with E-state index in [0.717, 1.165) is 10.6 Å². The molecule has 0 heterocycles. The molecule has 2 N–H and O–H groups in total. The van der Waals surface area contributed by atoms with Crippen LogP contribution < -0.4 is 5.32 Å². The number of carboxylic acids is 1. The summed E-state index contributed by atoms with van der Waals surface area (Å²) in [6, 6.07) is 7.47. The van der Waals surface area contributed by atoms with E-state index in [1.165, 1.54) is 5.57 Å². The third kappa shape index (κ3) is 6.80. The van der Waals surface area contributed by atoms with Gasteiger partial charge in [-0.25, -0.2) is 0 Å². The number of aliphatic carboxylic acids is 1. The Bertz CT molecular complexity index is 551. The van der Waals surface area contributed by atoms with Gasteiger partial charge < -0.3 is 10.4 Å². The van der Waals surface area contributed by atoms with Crippen LogP contribution in [0.25, 0.3) is 0 Å². The molecule has 120 valence electrons. The van der Waals surface area contributed by atoms with E-state index >= 15 is 0 Å². The summed E-state index contributed by atoms with van der Waals surface area (Å²) in [6.07, 6.45) is 2.17. The molecule has 1 amide bonds. The summed E-state index contributed by atoms with van der Waals surface area (Å²) in [5, 5.41) is 11.5. The standard InChI is InChI=1S/C17H23NO3S/c1-12(2)8-9-22-15-7-5-4-6-14(15)17(21)18-11-13(3)10-16(19)20/h4-8,13H,9-11H2,1-3H3,(H,18,21)(H,19,20). The van der Waals surface area contributed by atoms with Gasteiger partial charge in [-0.2, -0.15) is 0 Å². The zero-order chi connectivity index (χ0) is 16.5. The molecule has 0 aliphatic heterocycles. The second-order valence-corrected chi connectivity index (χ2v) is 6.56. The van der Waals surface area contributed by atoms with Gasteiger partial charge in [0, 0.05) is 23.6 Å². The average Bonchev–Trinajstić information content (AvgIpc) is 2.44. The van der Waals surface area contributed by atoms with Crippen molar-refractivity contribution < 1.29 is 14.7 Å². The van der Waals surface area contributed by atoms with Gasteiger partial charge in [-0.15, -0.1) is 11.8 Å². The molecule has 0 saturated carbocycles. The minimum Gasteiger partial charge on any atom is -0.481 e. The van der Waals surface area contributed by atoms with Crippen molar-refractivity contribution in [3.05, 3.63) is 41.5 Å². The molecular formula is C17H23NO3S. The number of hydrogen-bond acceptors (Lipinski definition) is 3. The van der Waals surface area contributed by atoms with Gasteiger partial charge in [-0.05, 0) is 31.9 Å². The Morgan fingerprint density at radius 1 is 1.32 bits per heavy atom. The zero-order valence-corrected chi connectivity index (χ0v) is 14.1. The lowest BCUT2D eigenvalue weighted by Gasteiger charge is -2.12. The molecule has 22 heavy (non-hydrogen) atoms. The van der Waals surface area contributed by atoms with Crippen LogP contribution in [0.15, 0.2) is 40.8 Å². The number of amides is 1. The highest BCUT2D eigenvalue weighted by atomic mass is 32.2. The summed E-state index contributed by atoms with van der Waals surface area (Å²) in [5.74, 6) is -0.272. The first-order valence-corrected chi connectivity index (χ1v) is 8.24. The predicted molar refractivity (Wildman–Crippen MR) is 90.3 cm³/mol. The van der Waals surface area contributed by atoms with Crippen LogP contribution in [0.2, 0.25) is 0 Å². The van der Waals surface area contributed by atoms with Crippen molar-refractivity contribution in [1.29, 1.82) is 0 Å². The third-order valence-corrected chi connectivity index (χ3v) is 4.00. The molecular weight excluding hydrogens is 298 g/mol. The molecule has 0 aromatic heterocycles. The maximum absolute atomic E-state index is 12.3. The van der Waals surface area contributed by atoms with Crippen molar-refractivity contribution in [2.45, 2.75) is 32.1 Å². The maximum atomic E-state index is 12.3. The molecule has 0 aliphatic rings. The van der Waals surface area contributed by atoms with Crippen molar-refractivity contribution >= 4 is 23.6 Å². The molecule has 1 atom stereocenters. The van der Waals surface area contributed by atoms with E-state index < -0.39 is 5.97 Å². The Hall–Kier alpha value is -1.75. The second kappa shape index (κ2) is 9.30. The molecule has 0 radical (unpaired) electrons. The normalized spacial score (nSPS) is 11.6. The summed E-state index contributed by atoms with van der Waals surface area (Å²) < 4.78 is 0. The molecule has 0 spiro atoms. The van der Waals surface area contributed by atoms with E-state index in [2.05, 4.69) is 11.4 Å². The fourth-order valence-corrected chi connectivity index (χ4v) is 2.90. The fraction of sp³-hybridized carbons (Fsp3) is 0.412. The SMILES string of the molecule is CC(C)=CCSc1ccccc1C(=O)NCC(C)CC(=O)O. The first kappa shape index (κ1) is 18.3. The number of nitrogens with one attached hydrogen (secondary N) is 1. The molecule has 0 bridgehead atoms. The number of carbonyl (C=O) groups is 2. The Labute approximate surface area is 136 Å². The van der Waals surface area contributed by atoms with Crippen LogP contribution in [-0.4, -0.2) is 29.3 Å². The Kier molecular flexibility index (Phi) is 7.74. The smallest absolute Gasteiger partial charge is 0.303 e. The molecule has 0 fully saturated rings. The van der Waals surface area contributed by atoms with Gasteiger partial charge in [0.05, 0.1) is 5.56 Å². The fourth-order valence-electron chi connectivity index (χ4n) is 1.81. The molecule has 1 unspecified atom stereocenters. The summed E-state index contributed by atoms with van der Waals surface area (Å²) in [7, 11) is 0. The van der Waals surface area contributed by atoms with Gasteiger partial charge >= 0.3 is 5.97 Å². The highest BCUT2D eigenvalue weighted by Crippen LogP contribution is 2.23. The molecule has 0 saturated heterocycles. The van der Waals surface area contributed by atoms with Gasteiger partial charge in [0.15, 0.2) is 0 Å². The molecule has 0 aliphatic carbocycles. The molecule has 5 heteroatoms. The molecule has 1 aromatic carbocycles. The summed E-state index contributed by atoms with van der Waals surface area (Å²) in [4.78, 5) is 23.8. The number of allylic oxidation sites excluding steroid dienone is 1. The van der Waals surface area contributed by atoms with E-state index in [1.807, 2.05) is 39.0 Å². The number of benzene rings is 1. The van der Waals surface area contributed by atoms with E-state index in [9.17, 15) is 9.59 Å². The Morgan fingerprint density at radius 2 is 2.00 bits per heavy atom. The lowest BCUT2D eigenvalue weighted by Crippen LogP contribution is -2.29. The minimum absolute atomic E-state index is 0.0528. The van der Waals surface area contributed by atoms with Crippen molar-refractivity contribution in [1.82, 2.24) is 5.32 Å². The van der Waals surface area contributed by atoms with Crippen LogP contribution >= 0.6 is 11.8 Å². The number of thioether (sulfide) groups is 1.